The third kappa shape index (κ3) is 1.41. The maximum Gasteiger partial charge on any atom is 0.0723 e. The van der Waals surface area contributed by atoms with Gasteiger partial charge < -0.3 is 15.8 Å². The number of ether oxygens (including phenoxy) is 1. The molecular weight excluding hydrogens is 140 g/mol. The molecule has 2 aliphatic heterocycles. The van der Waals surface area contributed by atoms with Gasteiger partial charge in [-0.25, -0.2) is 0 Å². The average Bonchev–Trinajstić information content (AvgIpc) is 2.34. The maximum absolute atomic E-state index is 5.79. The van der Waals surface area contributed by atoms with Crippen LogP contribution < -0.4 is 11.1 Å². The van der Waals surface area contributed by atoms with E-state index in [-0.39, 0.29) is 11.6 Å². The van der Waals surface area contributed by atoms with Crippen LogP contribution in [0.2, 0.25) is 0 Å². The van der Waals surface area contributed by atoms with Crippen molar-refractivity contribution in [3.8, 4) is 0 Å². The Balaban J connectivity index is 1.98. The molecule has 0 saturated carbocycles. The molecule has 0 amide bonds. The van der Waals surface area contributed by atoms with Gasteiger partial charge >= 0.3 is 0 Å². The zero-order valence-corrected chi connectivity index (χ0v) is 6.81. The molecule has 2 aliphatic rings. The molecule has 2 rings (SSSR count). The van der Waals surface area contributed by atoms with E-state index in [0.717, 1.165) is 39.0 Å². The van der Waals surface area contributed by atoms with Crippen molar-refractivity contribution >= 4 is 0 Å². The average molecular weight is 156 g/mol. The maximum atomic E-state index is 5.79. The van der Waals surface area contributed by atoms with Crippen LogP contribution in [0.1, 0.15) is 19.3 Å². The van der Waals surface area contributed by atoms with E-state index in [9.17, 15) is 0 Å². The van der Waals surface area contributed by atoms with Crippen LogP contribution in [-0.2, 0) is 4.74 Å². The largest absolute Gasteiger partial charge is 0.373 e. The van der Waals surface area contributed by atoms with Crippen LogP contribution >= 0.6 is 0 Å². The standard InChI is InChI=1S/C8H16N2O/c9-7-5-8(11-6-7)1-3-10-4-2-8/h7,10H,1-6,9H2. The van der Waals surface area contributed by atoms with Gasteiger partial charge in [0.1, 0.15) is 0 Å². The Hall–Kier alpha value is -0.120. The summed E-state index contributed by atoms with van der Waals surface area (Å²) in [7, 11) is 0. The Kier molecular flexibility index (Phi) is 1.87. The Labute approximate surface area is 67.3 Å². The second-order valence-electron chi connectivity index (χ2n) is 3.71. The first-order chi connectivity index (χ1) is 5.31. The summed E-state index contributed by atoms with van der Waals surface area (Å²) in [6.07, 6.45) is 3.34. The van der Waals surface area contributed by atoms with Crippen LogP contribution in [0.5, 0.6) is 0 Å². The predicted octanol–water partition coefficient (Wildman–Crippen LogP) is -0.144. The molecule has 11 heavy (non-hydrogen) atoms. The molecule has 3 heteroatoms. The lowest BCUT2D eigenvalue weighted by atomic mass is 9.88. The minimum atomic E-state index is 0.157. The van der Waals surface area contributed by atoms with Gasteiger partial charge in [-0.1, -0.05) is 0 Å². The van der Waals surface area contributed by atoms with Crippen LogP contribution in [0.15, 0.2) is 0 Å². The first-order valence-electron chi connectivity index (χ1n) is 4.41. The Morgan fingerprint density at radius 3 is 2.64 bits per heavy atom. The van der Waals surface area contributed by atoms with Crippen molar-refractivity contribution in [1.29, 1.82) is 0 Å². The van der Waals surface area contributed by atoms with Gasteiger partial charge in [-0.05, 0) is 32.4 Å². The zero-order valence-electron chi connectivity index (χ0n) is 6.81. The molecule has 0 bridgehead atoms. The molecule has 0 radical (unpaired) electrons. The fraction of sp³-hybridized carbons (Fsp3) is 1.00. The summed E-state index contributed by atoms with van der Waals surface area (Å²) >= 11 is 0. The molecule has 0 aromatic carbocycles. The molecule has 64 valence electrons. The normalized spacial score (nSPS) is 36.3. The third-order valence-electron chi connectivity index (χ3n) is 2.75. The Morgan fingerprint density at radius 1 is 1.36 bits per heavy atom. The van der Waals surface area contributed by atoms with E-state index in [1.54, 1.807) is 0 Å². The van der Waals surface area contributed by atoms with Crippen LogP contribution in [-0.4, -0.2) is 31.3 Å². The van der Waals surface area contributed by atoms with E-state index >= 15 is 0 Å². The highest BCUT2D eigenvalue weighted by Crippen LogP contribution is 2.32. The molecule has 2 saturated heterocycles. The van der Waals surface area contributed by atoms with Gasteiger partial charge in [0.2, 0.25) is 0 Å². The van der Waals surface area contributed by atoms with Gasteiger partial charge in [-0.15, -0.1) is 0 Å². The Bertz CT molecular complexity index is 138. The van der Waals surface area contributed by atoms with Crippen LogP contribution in [0.3, 0.4) is 0 Å². The third-order valence-corrected chi connectivity index (χ3v) is 2.75. The van der Waals surface area contributed by atoms with Gasteiger partial charge in [-0.3, -0.25) is 0 Å². The molecule has 3 N–H and O–H groups in total. The van der Waals surface area contributed by atoms with E-state index in [1.165, 1.54) is 0 Å². The van der Waals surface area contributed by atoms with Crippen molar-refractivity contribution in [3.05, 3.63) is 0 Å². The molecule has 0 aromatic heterocycles. The molecule has 0 aliphatic carbocycles. The van der Waals surface area contributed by atoms with E-state index in [2.05, 4.69) is 5.32 Å². The minimum absolute atomic E-state index is 0.157. The first-order valence-corrected chi connectivity index (χ1v) is 4.41. The summed E-state index contributed by atoms with van der Waals surface area (Å²) in [6.45, 7) is 2.94. The highest BCUT2D eigenvalue weighted by molar-refractivity contribution is 4.93. The molecular formula is C8H16N2O. The van der Waals surface area contributed by atoms with Crippen molar-refractivity contribution in [1.82, 2.24) is 5.32 Å². The number of hydrogen-bond acceptors (Lipinski definition) is 3. The zero-order chi connectivity index (χ0) is 7.73. The number of piperidine rings is 1. The lowest BCUT2D eigenvalue weighted by molar-refractivity contribution is -0.0192. The molecule has 0 aromatic rings. The molecule has 2 heterocycles. The topological polar surface area (TPSA) is 47.3 Å². The van der Waals surface area contributed by atoms with Gasteiger partial charge in [0, 0.05) is 6.04 Å². The highest BCUT2D eigenvalue weighted by atomic mass is 16.5. The van der Waals surface area contributed by atoms with Crippen molar-refractivity contribution in [2.24, 2.45) is 5.73 Å². The summed E-state index contributed by atoms with van der Waals surface area (Å²) in [6, 6.07) is 0.285. The van der Waals surface area contributed by atoms with Crippen LogP contribution in [0, 0.1) is 0 Å². The summed E-state index contributed by atoms with van der Waals surface area (Å²) in [4.78, 5) is 0. The lowest BCUT2D eigenvalue weighted by Crippen LogP contribution is -2.41. The second kappa shape index (κ2) is 2.73. The number of nitrogens with one attached hydrogen (secondary N) is 1. The smallest absolute Gasteiger partial charge is 0.0723 e. The molecule has 2 fully saturated rings. The number of hydrogen-bond donors (Lipinski definition) is 2. The Morgan fingerprint density at radius 2 is 2.09 bits per heavy atom. The fourth-order valence-corrected chi connectivity index (χ4v) is 2.11. The fourth-order valence-electron chi connectivity index (χ4n) is 2.11. The van der Waals surface area contributed by atoms with Crippen molar-refractivity contribution < 1.29 is 4.74 Å². The van der Waals surface area contributed by atoms with E-state index < -0.39 is 0 Å². The van der Waals surface area contributed by atoms with Crippen molar-refractivity contribution in [2.75, 3.05) is 19.7 Å². The van der Waals surface area contributed by atoms with Gasteiger partial charge in [0.25, 0.3) is 0 Å². The molecule has 3 nitrogen and oxygen atoms in total. The first kappa shape index (κ1) is 7.53. The van der Waals surface area contributed by atoms with Gasteiger partial charge in [-0.2, -0.15) is 0 Å². The highest BCUT2D eigenvalue weighted by Gasteiger charge is 2.39. The second-order valence-corrected chi connectivity index (χ2v) is 3.71. The van der Waals surface area contributed by atoms with E-state index in [0.29, 0.717) is 0 Å². The predicted molar refractivity (Wildman–Crippen MR) is 43.4 cm³/mol. The van der Waals surface area contributed by atoms with Gasteiger partial charge in [0.05, 0.1) is 12.2 Å². The van der Waals surface area contributed by atoms with Crippen LogP contribution in [0.4, 0.5) is 0 Å². The molecule has 1 unspecified atom stereocenters. The van der Waals surface area contributed by atoms with Crippen molar-refractivity contribution in [2.45, 2.75) is 30.9 Å². The van der Waals surface area contributed by atoms with Crippen LogP contribution in [0.25, 0.3) is 0 Å². The molecule has 1 spiro atoms. The van der Waals surface area contributed by atoms with E-state index in [1.807, 2.05) is 0 Å². The summed E-state index contributed by atoms with van der Waals surface area (Å²) in [5.74, 6) is 0. The number of rotatable bonds is 0. The van der Waals surface area contributed by atoms with Gasteiger partial charge in [0.15, 0.2) is 0 Å². The summed E-state index contributed by atoms with van der Waals surface area (Å²) in [5.41, 5.74) is 5.95. The minimum Gasteiger partial charge on any atom is -0.373 e. The molecule has 1 atom stereocenters. The summed E-state index contributed by atoms with van der Waals surface area (Å²) in [5, 5.41) is 3.33. The SMILES string of the molecule is NC1COC2(CCNCC2)C1. The quantitative estimate of drug-likeness (QED) is 0.513. The summed E-state index contributed by atoms with van der Waals surface area (Å²) < 4.78 is 5.73. The number of nitrogens with two attached hydrogens (primary N) is 1. The van der Waals surface area contributed by atoms with Crippen molar-refractivity contribution in [3.63, 3.8) is 0 Å². The monoisotopic (exact) mass is 156 g/mol. The lowest BCUT2D eigenvalue weighted by Gasteiger charge is -2.32. The van der Waals surface area contributed by atoms with E-state index in [4.69, 9.17) is 10.5 Å².